The van der Waals surface area contributed by atoms with Crippen molar-refractivity contribution in [3.63, 3.8) is 0 Å². The quantitative estimate of drug-likeness (QED) is 0.830. The van der Waals surface area contributed by atoms with E-state index in [1.807, 2.05) is 0 Å². The van der Waals surface area contributed by atoms with Gasteiger partial charge in [-0.3, -0.25) is 0 Å². The Morgan fingerprint density at radius 1 is 1.22 bits per heavy atom. The van der Waals surface area contributed by atoms with Crippen molar-refractivity contribution in [2.45, 2.75) is 53.0 Å². The van der Waals surface area contributed by atoms with Crippen LogP contribution in [-0.2, 0) is 5.41 Å². The van der Waals surface area contributed by atoms with Crippen molar-refractivity contribution in [3.05, 3.63) is 41.0 Å². The van der Waals surface area contributed by atoms with Crippen molar-refractivity contribution in [1.82, 2.24) is 5.32 Å². The molecule has 0 fully saturated rings. The minimum absolute atomic E-state index is 0.231. The second-order valence-corrected chi connectivity index (χ2v) is 6.04. The lowest BCUT2D eigenvalue weighted by atomic mass is 9.86. The summed E-state index contributed by atoms with van der Waals surface area (Å²) in [4.78, 5) is 0. The molecule has 1 aromatic rings. The first kappa shape index (κ1) is 15.0. The number of likely N-dealkylation sites (N-methyl/N-ethyl adjacent to an activating group) is 1. The summed E-state index contributed by atoms with van der Waals surface area (Å²) in [7, 11) is 0. The van der Waals surface area contributed by atoms with Crippen molar-refractivity contribution >= 4 is 6.08 Å². The minimum atomic E-state index is 0.231. The molecule has 1 atom stereocenters. The van der Waals surface area contributed by atoms with Crippen molar-refractivity contribution < 1.29 is 0 Å². The normalized spacial score (nSPS) is 14.7. The first-order valence-electron chi connectivity index (χ1n) is 6.86. The monoisotopic (exact) mass is 245 g/mol. The Hall–Kier alpha value is -1.08. The molecular formula is C17H27N. The fourth-order valence-electron chi connectivity index (χ4n) is 1.93. The van der Waals surface area contributed by atoms with Crippen molar-refractivity contribution in [3.8, 4) is 0 Å². The molecule has 0 bridgehead atoms. The molecule has 1 rings (SSSR count). The zero-order chi connectivity index (χ0) is 13.8. The van der Waals surface area contributed by atoms with Gasteiger partial charge in [-0.25, -0.2) is 0 Å². The van der Waals surface area contributed by atoms with E-state index >= 15 is 0 Å². The van der Waals surface area contributed by atoms with E-state index in [2.05, 4.69) is 77.2 Å². The van der Waals surface area contributed by atoms with Gasteiger partial charge in [0.25, 0.3) is 0 Å². The van der Waals surface area contributed by atoms with Crippen LogP contribution in [0.2, 0.25) is 0 Å². The first-order chi connectivity index (χ1) is 8.34. The largest absolute Gasteiger partial charge is 0.311 e. The van der Waals surface area contributed by atoms with Gasteiger partial charge in [-0.15, -0.1) is 0 Å². The third-order valence-electron chi connectivity index (χ3n) is 3.36. The van der Waals surface area contributed by atoms with Gasteiger partial charge in [-0.2, -0.15) is 0 Å². The number of rotatable bonds is 4. The van der Waals surface area contributed by atoms with Crippen LogP contribution in [0, 0.1) is 0 Å². The van der Waals surface area contributed by atoms with Crippen LogP contribution in [0.25, 0.3) is 6.08 Å². The predicted molar refractivity (Wildman–Crippen MR) is 81.9 cm³/mol. The summed E-state index contributed by atoms with van der Waals surface area (Å²) in [6, 6.07) is 9.33. The standard InChI is InChI=1S/C17H27N/c1-7-18-14(3)13(2)12-15-8-10-16(11-9-15)17(4,5)6/h8-12,14,18H,7H2,1-6H3/b13-12+. The van der Waals surface area contributed by atoms with Gasteiger partial charge in [0.1, 0.15) is 0 Å². The average molecular weight is 245 g/mol. The summed E-state index contributed by atoms with van der Waals surface area (Å²) in [5.41, 5.74) is 4.27. The molecular weight excluding hydrogens is 218 g/mol. The molecule has 0 aliphatic carbocycles. The Kier molecular flexibility index (Phi) is 5.15. The van der Waals surface area contributed by atoms with E-state index in [9.17, 15) is 0 Å². The van der Waals surface area contributed by atoms with Crippen LogP contribution < -0.4 is 5.32 Å². The zero-order valence-electron chi connectivity index (χ0n) is 12.7. The van der Waals surface area contributed by atoms with Crippen LogP contribution >= 0.6 is 0 Å². The van der Waals surface area contributed by atoms with Gasteiger partial charge in [0.15, 0.2) is 0 Å². The lowest BCUT2D eigenvalue weighted by molar-refractivity contribution is 0.590. The Balaban J connectivity index is 2.83. The lowest BCUT2D eigenvalue weighted by Crippen LogP contribution is -2.26. The van der Waals surface area contributed by atoms with E-state index in [1.54, 1.807) is 0 Å². The molecule has 0 saturated heterocycles. The molecule has 0 saturated carbocycles. The van der Waals surface area contributed by atoms with Crippen molar-refractivity contribution in [2.24, 2.45) is 0 Å². The smallest absolute Gasteiger partial charge is 0.0251 e. The summed E-state index contributed by atoms with van der Waals surface area (Å²) >= 11 is 0. The highest BCUT2D eigenvalue weighted by Gasteiger charge is 2.12. The predicted octanol–water partition coefficient (Wildman–Crippen LogP) is 4.39. The van der Waals surface area contributed by atoms with Gasteiger partial charge in [0, 0.05) is 6.04 Å². The molecule has 18 heavy (non-hydrogen) atoms. The van der Waals surface area contributed by atoms with Crippen LogP contribution in [0.15, 0.2) is 29.8 Å². The molecule has 1 N–H and O–H groups in total. The van der Waals surface area contributed by atoms with E-state index in [1.165, 1.54) is 16.7 Å². The number of hydrogen-bond acceptors (Lipinski definition) is 1. The highest BCUT2D eigenvalue weighted by molar-refractivity contribution is 5.54. The lowest BCUT2D eigenvalue weighted by Gasteiger charge is -2.19. The van der Waals surface area contributed by atoms with Crippen molar-refractivity contribution in [1.29, 1.82) is 0 Å². The number of hydrogen-bond donors (Lipinski definition) is 1. The second-order valence-electron chi connectivity index (χ2n) is 6.04. The van der Waals surface area contributed by atoms with Gasteiger partial charge >= 0.3 is 0 Å². The highest BCUT2D eigenvalue weighted by Crippen LogP contribution is 2.22. The molecule has 0 amide bonds. The molecule has 0 aliphatic heterocycles. The van der Waals surface area contributed by atoms with Gasteiger partial charge in [0.2, 0.25) is 0 Å². The van der Waals surface area contributed by atoms with E-state index in [0.29, 0.717) is 6.04 Å². The van der Waals surface area contributed by atoms with Crippen molar-refractivity contribution in [2.75, 3.05) is 6.54 Å². The number of nitrogens with one attached hydrogen (secondary N) is 1. The summed E-state index contributed by atoms with van der Waals surface area (Å²) < 4.78 is 0. The Bertz CT molecular complexity index is 393. The third-order valence-corrected chi connectivity index (χ3v) is 3.36. The van der Waals surface area contributed by atoms with Gasteiger partial charge in [0.05, 0.1) is 0 Å². The molecule has 100 valence electrons. The highest BCUT2D eigenvalue weighted by atomic mass is 14.9. The van der Waals surface area contributed by atoms with Crippen LogP contribution in [0.1, 0.15) is 52.7 Å². The number of benzene rings is 1. The summed E-state index contributed by atoms with van der Waals surface area (Å²) in [5, 5.41) is 3.43. The van der Waals surface area contributed by atoms with E-state index in [4.69, 9.17) is 0 Å². The molecule has 0 heterocycles. The molecule has 0 spiro atoms. The zero-order valence-corrected chi connectivity index (χ0v) is 12.7. The fourth-order valence-corrected chi connectivity index (χ4v) is 1.93. The molecule has 1 unspecified atom stereocenters. The SMILES string of the molecule is CCNC(C)/C(C)=C/c1ccc(C(C)(C)C)cc1. The molecule has 0 aliphatic rings. The second kappa shape index (κ2) is 6.19. The van der Waals surface area contributed by atoms with Crippen LogP contribution in [0.4, 0.5) is 0 Å². The maximum Gasteiger partial charge on any atom is 0.0251 e. The Morgan fingerprint density at radius 2 is 1.78 bits per heavy atom. The average Bonchev–Trinajstić information content (AvgIpc) is 2.28. The first-order valence-corrected chi connectivity index (χ1v) is 6.86. The Labute approximate surface area is 112 Å². The maximum atomic E-state index is 3.43. The molecule has 1 aromatic carbocycles. The van der Waals surface area contributed by atoms with Gasteiger partial charge < -0.3 is 5.32 Å². The van der Waals surface area contributed by atoms with Crippen LogP contribution in [0.3, 0.4) is 0 Å². The summed E-state index contributed by atoms with van der Waals surface area (Å²) in [6.07, 6.45) is 2.26. The van der Waals surface area contributed by atoms with E-state index < -0.39 is 0 Å². The van der Waals surface area contributed by atoms with E-state index in [-0.39, 0.29) is 5.41 Å². The maximum absolute atomic E-state index is 3.43. The third kappa shape index (κ3) is 4.30. The molecule has 0 aromatic heterocycles. The van der Waals surface area contributed by atoms with Gasteiger partial charge in [-0.05, 0) is 36.9 Å². The molecule has 1 nitrogen and oxygen atoms in total. The van der Waals surface area contributed by atoms with Crippen LogP contribution in [0.5, 0.6) is 0 Å². The van der Waals surface area contributed by atoms with Gasteiger partial charge in [-0.1, -0.05) is 63.6 Å². The van der Waals surface area contributed by atoms with E-state index in [0.717, 1.165) is 6.54 Å². The molecule has 1 heteroatoms. The summed E-state index contributed by atoms with van der Waals surface area (Å²) in [6.45, 7) is 14.3. The topological polar surface area (TPSA) is 12.0 Å². The summed E-state index contributed by atoms with van der Waals surface area (Å²) in [5.74, 6) is 0. The minimum Gasteiger partial charge on any atom is -0.311 e. The van der Waals surface area contributed by atoms with Crippen LogP contribution in [-0.4, -0.2) is 12.6 Å². The molecule has 0 radical (unpaired) electrons. The fraction of sp³-hybridized carbons (Fsp3) is 0.529. The Morgan fingerprint density at radius 3 is 2.22 bits per heavy atom.